The summed E-state index contributed by atoms with van der Waals surface area (Å²) in [6.45, 7) is 4.39. The number of aliphatic hydroxyl groups is 2. The summed E-state index contributed by atoms with van der Waals surface area (Å²) in [5, 5.41) is 18.4. The minimum Gasteiger partial charge on any atom is -0.396 e. The molecule has 1 fully saturated rings. The molecule has 0 aromatic carbocycles. The third-order valence-electron chi connectivity index (χ3n) is 2.91. The lowest BCUT2D eigenvalue weighted by Gasteiger charge is -2.25. The fourth-order valence-corrected chi connectivity index (χ4v) is 1.97. The summed E-state index contributed by atoms with van der Waals surface area (Å²) in [4.78, 5) is 0. The fraction of sp³-hybridized carbons (Fsp3) is 1.00. The number of aliphatic hydroxyl groups excluding tert-OH is 2. The summed E-state index contributed by atoms with van der Waals surface area (Å²) >= 11 is 0. The van der Waals surface area contributed by atoms with Gasteiger partial charge in [0.05, 0.1) is 6.10 Å². The summed E-state index contributed by atoms with van der Waals surface area (Å²) in [6, 6.07) is 0. The predicted octanol–water partition coefficient (Wildman–Crippen LogP) is 1.17. The van der Waals surface area contributed by atoms with Gasteiger partial charge in [-0.3, -0.25) is 0 Å². The maximum atomic E-state index is 9.74. The van der Waals surface area contributed by atoms with Crippen LogP contribution in [0.25, 0.3) is 0 Å². The van der Waals surface area contributed by atoms with Gasteiger partial charge in [-0.2, -0.15) is 0 Å². The van der Waals surface area contributed by atoms with Crippen LogP contribution in [0.1, 0.15) is 33.1 Å². The van der Waals surface area contributed by atoms with E-state index in [0.29, 0.717) is 5.92 Å². The van der Waals surface area contributed by atoms with Crippen molar-refractivity contribution in [1.29, 1.82) is 0 Å². The zero-order valence-electron chi connectivity index (χ0n) is 7.38. The van der Waals surface area contributed by atoms with Gasteiger partial charge in [-0.1, -0.05) is 13.8 Å². The Kier molecular flexibility index (Phi) is 2.55. The van der Waals surface area contributed by atoms with E-state index >= 15 is 0 Å². The molecular formula is C9H18O2. The Bertz CT molecular complexity index is 132. The van der Waals surface area contributed by atoms with Crippen molar-refractivity contribution in [3.8, 4) is 0 Å². The molecule has 11 heavy (non-hydrogen) atoms. The van der Waals surface area contributed by atoms with Crippen molar-refractivity contribution in [2.45, 2.75) is 39.2 Å². The first-order valence-corrected chi connectivity index (χ1v) is 4.37. The summed E-state index contributed by atoms with van der Waals surface area (Å²) < 4.78 is 0. The second kappa shape index (κ2) is 3.11. The number of hydrogen-bond donors (Lipinski definition) is 2. The molecule has 0 aromatic heterocycles. The van der Waals surface area contributed by atoms with E-state index in [4.69, 9.17) is 5.11 Å². The Morgan fingerprint density at radius 1 is 1.45 bits per heavy atom. The van der Waals surface area contributed by atoms with Crippen LogP contribution >= 0.6 is 0 Å². The van der Waals surface area contributed by atoms with Crippen molar-refractivity contribution in [3.05, 3.63) is 0 Å². The SMILES string of the molecule is CC1(C)CC[C@@H](CCO)[C@@H]1O. The molecule has 0 aliphatic heterocycles. The third-order valence-corrected chi connectivity index (χ3v) is 2.91. The highest BCUT2D eigenvalue weighted by molar-refractivity contribution is 4.90. The van der Waals surface area contributed by atoms with Crippen LogP contribution in [-0.2, 0) is 0 Å². The van der Waals surface area contributed by atoms with Crippen molar-refractivity contribution in [2.24, 2.45) is 11.3 Å². The lowest BCUT2D eigenvalue weighted by Crippen LogP contribution is -2.28. The smallest absolute Gasteiger partial charge is 0.0620 e. The molecule has 2 N–H and O–H groups in total. The van der Waals surface area contributed by atoms with Crippen molar-refractivity contribution in [2.75, 3.05) is 6.61 Å². The Labute approximate surface area is 68.2 Å². The van der Waals surface area contributed by atoms with Crippen molar-refractivity contribution in [1.82, 2.24) is 0 Å². The summed E-state index contributed by atoms with van der Waals surface area (Å²) in [5.41, 5.74) is 0.0693. The highest BCUT2D eigenvalue weighted by Crippen LogP contribution is 2.42. The molecule has 0 aromatic rings. The molecular weight excluding hydrogens is 140 g/mol. The van der Waals surface area contributed by atoms with Gasteiger partial charge in [-0.05, 0) is 30.6 Å². The normalized spacial score (nSPS) is 36.0. The molecule has 66 valence electrons. The summed E-state index contributed by atoms with van der Waals surface area (Å²) in [7, 11) is 0. The molecule has 2 heteroatoms. The molecule has 0 saturated heterocycles. The predicted molar refractivity (Wildman–Crippen MR) is 44.2 cm³/mol. The van der Waals surface area contributed by atoms with E-state index in [0.717, 1.165) is 19.3 Å². The monoisotopic (exact) mass is 158 g/mol. The minimum absolute atomic E-state index is 0.0693. The van der Waals surface area contributed by atoms with Crippen molar-refractivity contribution in [3.63, 3.8) is 0 Å². The quantitative estimate of drug-likeness (QED) is 0.633. The van der Waals surface area contributed by atoms with Crippen LogP contribution in [0.3, 0.4) is 0 Å². The van der Waals surface area contributed by atoms with Crippen molar-refractivity contribution >= 4 is 0 Å². The Hall–Kier alpha value is -0.0800. The Balaban J connectivity index is 2.49. The Morgan fingerprint density at radius 2 is 2.09 bits per heavy atom. The highest BCUT2D eigenvalue weighted by atomic mass is 16.3. The van der Waals surface area contributed by atoms with Crippen LogP contribution in [0.4, 0.5) is 0 Å². The topological polar surface area (TPSA) is 40.5 Å². The number of hydrogen-bond acceptors (Lipinski definition) is 2. The fourth-order valence-electron chi connectivity index (χ4n) is 1.97. The van der Waals surface area contributed by atoms with E-state index in [1.54, 1.807) is 0 Å². The van der Waals surface area contributed by atoms with Crippen LogP contribution in [-0.4, -0.2) is 22.9 Å². The van der Waals surface area contributed by atoms with Crippen LogP contribution in [0.15, 0.2) is 0 Å². The maximum absolute atomic E-state index is 9.74. The van der Waals surface area contributed by atoms with Gasteiger partial charge in [0.1, 0.15) is 0 Å². The van der Waals surface area contributed by atoms with Crippen LogP contribution in [0.5, 0.6) is 0 Å². The first-order chi connectivity index (χ1) is 5.08. The molecule has 0 bridgehead atoms. The van der Waals surface area contributed by atoms with Gasteiger partial charge in [0.15, 0.2) is 0 Å². The molecule has 0 heterocycles. The molecule has 1 aliphatic rings. The molecule has 1 saturated carbocycles. The van der Waals surface area contributed by atoms with E-state index in [-0.39, 0.29) is 18.1 Å². The van der Waals surface area contributed by atoms with Gasteiger partial charge in [0.2, 0.25) is 0 Å². The molecule has 2 nitrogen and oxygen atoms in total. The zero-order valence-corrected chi connectivity index (χ0v) is 7.38. The standard InChI is InChI=1S/C9H18O2/c1-9(2)5-3-7(4-6-10)8(9)11/h7-8,10-11H,3-6H2,1-2H3/t7-,8-/m0/s1. The van der Waals surface area contributed by atoms with Gasteiger partial charge in [0.25, 0.3) is 0 Å². The van der Waals surface area contributed by atoms with Crippen LogP contribution in [0, 0.1) is 11.3 Å². The summed E-state index contributed by atoms with van der Waals surface area (Å²) in [5.74, 6) is 0.329. The van der Waals surface area contributed by atoms with Crippen LogP contribution in [0.2, 0.25) is 0 Å². The van der Waals surface area contributed by atoms with Gasteiger partial charge in [-0.15, -0.1) is 0 Å². The zero-order chi connectivity index (χ0) is 8.48. The second-order valence-corrected chi connectivity index (χ2v) is 4.24. The average molecular weight is 158 g/mol. The van der Waals surface area contributed by atoms with Gasteiger partial charge in [0, 0.05) is 6.61 Å². The largest absolute Gasteiger partial charge is 0.396 e. The Morgan fingerprint density at radius 3 is 2.45 bits per heavy atom. The second-order valence-electron chi connectivity index (χ2n) is 4.24. The lowest BCUT2D eigenvalue weighted by atomic mass is 9.87. The average Bonchev–Trinajstić information content (AvgIpc) is 2.17. The third kappa shape index (κ3) is 1.74. The molecule has 2 atom stereocenters. The molecule has 0 unspecified atom stereocenters. The highest BCUT2D eigenvalue weighted by Gasteiger charge is 2.39. The summed E-state index contributed by atoms with van der Waals surface area (Å²) in [6.07, 6.45) is 2.69. The minimum atomic E-state index is -0.213. The molecule has 1 aliphatic carbocycles. The first-order valence-electron chi connectivity index (χ1n) is 4.37. The first kappa shape index (κ1) is 9.01. The van der Waals surface area contributed by atoms with Gasteiger partial charge >= 0.3 is 0 Å². The van der Waals surface area contributed by atoms with Gasteiger partial charge in [-0.25, -0.2) is 0 Å². The molecule has 0 radical (unpaired) electrons. The van der Waals surface area contributed by atoms with Crippen LogP contribution < -0.4 is 0 Å². The van der Waals surface area contributed by atoms with E-state index < -0.39 is 0 Å². The maximum Gasteiger partial charge on any atom is 0.0620 e. The molecule has 0 amide bonds. The van der Waals surface area contributed by atoms with E-state index in [1.165, 1.54) is 0 Å². The number of rotatable bonds is 2. The van der Waals surface area contributed by atoms with E-state index in [9.17, 15) is 5.11 Å². The van der Waals surface area contributed by atoms with E-state index in [2.05, 4.69) is 13.8 Å². The van der Waals surface area contributed by atoms with E-state index in [1.807, 2.05) is 0 Å². The van der Waals surface area contributed by atoms with Gasteiger partial charge < -0.3 is 10.2 Å². The molecule has 1 rings (SSSR count). The van der Waals surface area contributed by atoms with Crippen molar-refractivity contribution < 1.29 is 10.2 Å². The molecule has 0 spiro atoms. The lowest BCUT2D eigenvalue weighted by molar-refractivity contribution is 0.0378.